The molecule has 0 radical (unpaired) electrons. The van der Waals surface area contributed by atoms with Crippen LogP contribution < -0.4 is 14.4 Å². The van der Waals surface area contributed by atoms with Gasteiger partial charge in [-0.15, -0.1) is 0 Å². The van der Waals surface area contributed by atoms with Crippen molar-refractivity contribution in [3.63, 3.8) is 0 Å². The zero-order chi connectivity index (χ0) is 24.7. The first-order valence-electron chi connectivity index (χ1n) is 11.7. The molecule has 0 bridgehead atoms. The lowest BCUT2D eigenvalue weighted by molar-refractivity contribution is 0.0973. The molecule has 0 aromatic heterocycles. The predicted octanol–water partition coefficient (Wildman–Crippen LogP) is 4.74. The highest BCUT2D eigenvalue weighted by atomic mass is 35.5. The molecule has 1 atom stereocenters. The van der Waals surface area contributed by atoms with E-state index >= 15 is 4.39 Å². The maximum absolute atomic E-state index is 15.0. The lowest BCUT2D eigenvalue weighted by Crippen LogP contribution is -2.49. The Morgan fingerprint density at radius 3 is 2.34 bits per heavy atom. The van der Waals surface area contributed by atoms with Gasteiger partial charge in [0.25, 0.3) is 5.91 Å². The van der Waals surface area contributed by atoms with Gasteiger partial charge < -0.3 is 9.64 Å². The molecule has 2 aromatic rings. The number of halogens is 3. The maximum Gasteiger partial charge on any atom is 0.304 e. The van der Waals surface area contributed by atoms with Crippen LogP contribution in [0.3, 0.4) is 0 Å². The highest BCUT2D eigenvalue weighted by Crippen LogP contribution is 2.45. The van der Waals surface area contributed by atoms with Gasteiger partial charge in [-0.05, 0) is 67.9 Å². The molecule has 7 nitrogen and oxygen atoms in total. The Morgan fingerprint density at radius 2 is 1.71 bits per heavy atom. The van der Waals surface area contributed by atoms with Crippen molar-refractivity contribution in [2.24, 2.45) is 0 Å². The molecule has 5 rings (SSSR count). The number of piperidine rings is 1. The monoisotopic (exact) mass is 541 g/mol. The Balaban J connectivity index is 1.34. The lowest BCUT2D eigenvalue weighted by Gasteiger charge is -2.35. The summed E-state index contributed by atoms with van der Waals surface area (Å²) in [6.45, 7) is 2.11. The van der Waals surface area contributed by atoms with Gasteiger partial charge in [0, 0.05) is 41.4 Å². The van der Waals surface area contributed by atoms with Crippen molar-refractivity contribution in [3.8, 4) is 5.75 Å². The minimum Gasteiger partial charge on any atom is -0.488 e. The van der Waals surface area contributed by atoms with E-state index in [1.165, 1.54) is 12.1 Å². The predicted molar refractivity (Wildman–Crippen MR) is 133 cm³/mol. The summed E-state index contributed by atoms with van der Waals surface area (Å²) in [6, 6.07) is 8.05. The van der Waals surface area contributed by atoms with E-state index in [1.54, 1.807) is 6.07 Å². The molecular weight excluding hydrogens is 516 g/mol. The third-order valence-electron chi connectivity index (χ3n) is 6.62. The number of hydrogen-bond acceptors (Lipinski definition) is 5. The van der Waals surface area contributed by atoms with Gasteiger partial charge in [0.2, 0.25) is 0 Å². The van der Waals surface area contributed by atoms with Crippen LogP contribution in [0.1, 0.15) is 53.9 Å². The molecule has 11 heteroatoms. The van der Waals surface area contributed by atoms with E-state index < -0.39 is 21.9 Å². The quantitative estimate of drug-likeness (QED) is 0.547. The maximum atomic E-state index is 15.0. The molecule has 3 fully saturated rings. The van der Waals surface area contributed by atoms with Crippen molar-refractivity contribution in [1.29, 1.82) is 0 Å². The molecule has 1 aliphatic carbocycles. The van der Waals surface area contributed by atoms with Crippen LogP contribution in [0.2, 0.25) is 10.0 Å². The Hall–Kier alpha value is -2.07. The summed E-state index contributed by atoms with van der Waals surface area (Å²) < 4.78 is 49.0. The van der Waals surface area contributed by atoms with Crippen LogP contribution in [0, 0.1) is 5.82 Å². The Morgan fingerprint density at radius 1 is 1.00 bits per heavy atom. The highest BCUT2D eigenvalue weighted by Gasteiger charge is 2.33. The van der Waals surface area contributed by atoms with Gasteiger partial charge in [-0.3, -0.25) is 4.79 Å². The number of ether oxygens (including phenoxy) is 1. The van der Waals surface area contributed by atoms with Gasteiger partial charge in [-0.1, -0.05) is 23.2 Å². The molecule has 2 heterocycles. The Labute approximate surface area is 214 Å². The molecule has 1 amide bonds. The van der Waals surface area contributed by atoms with Crippen LogP contribution in [0.4, 0.5) is 10.1 Å². The van der Waals surface area contributed by atoms with Crippen molar-refractivity contribution in [1.82, 2.24) is 9.03 Å². The first kappa shape index (κ1) is 24.6. The number of nitrogens with one attached hydrogen (secondary N) is 1. The second-order valence-electron chi connectivity index (χ2n) is 9.29. The van der Waals surface area contributed by atoms with Crippen LogP contribution in [0.5, 0.6) is 5.75 Å². The number of nitrogens with zero attached hydrogens (tertiary/aromatic N) is 2. The molecule has 3 aliphatic rings. The molecule has 1 saturated carbocycles. The fourth-order valence-electron chi connectivity index (χ4n) is 4.50. The largest absolute Gasteiger partial charge is 0.488 e. The standard InChI is InChI=1S/C24H26Cl2FN3O4S/c25-16-9-17(26)11-18(10-16)29-6-1-3-19(14-29)34-23-13-22(27)21(12-20(23)15-4-5-15)24(31)28-35(32,33)30-7-2-8-30/h9-13,15,19H,1-8,14H2,(H,28,31)/t19-/m1/s1. The van der Waals surface area contributed by atoms with E-state index in [0.717, 1.165) is 54.2 Å². The summed E-state index contributed by atoms with van der Waals surface area (Å²) in [5.74, 6) is -1.21. The van der Waals surface area contributed by atoms with Gasteiger partial charge in [-0.2, -0.15) is 12.7 Å². The summed E-state index contributed by atoms with van der Waals surface area (Å²) in [6.07, 6.45) is 4.05. The SMILES string of the molecule is O=C(NS(=O)(=O)N1CCC1)c1cc(C2CC2)c(O[C@@H]2CCCN(c3cc(Cl)cc(Cl)c3)C2)cc1F. The Bertz CT molecular complexity index is 1230. The van der Waals surface area contributed by atoms with Crippen LogP contribution in [0.25, 0.3) is 0 Å². The zero-order valence-corrected chi connectivity index (χ0v) is 21.3. The average molecular weight is 542 g/mol. The third-order valence-corrected chi connectivity index (χ3v) is 8.55. The fraction of sp³-hybridized carbons (Fsp3) is 0.458. The summed E-state index contributed by atoms with van der Waals surface area (Å²) >= 11 is 12.3. The number of amides is 1. The van der Waals surface area contributed by atoms with Crippen LogP contribution in [-0.4, -0.2) is 50.9 Å². The van der Waals surface area contributed by atoms with Crippen molar-refractivity contribution in [2.45, 2.75) is 44.1 Å². The molecule has 0 spiro atoms. The Kier molecular flexibility index (Phi) is 6.87. The number of carbonyl (C=O) groups excluding carboxylic acids is 1. The third kappa shape index (κ3) is 5.53. The molecule has 0 unspecified atom stereocenters. The van der Waals surface area contributed by atoms with E-state index in [1.807, 2.05) is 16.9 Å². The van der Waals surface area contributed by atoms with Crippen LogP contribution >= 0.6 is 23.2 Å². The summed E-state index contributed by atoms with van der Waals surface area (Å²) in [5.41, 5.74) is 1.35. The molecule has 2 saturated heterocycles. The molecule has 1 N–H and O–H groups in total. The normalized spacial score (nSPS) is 20.9. The van der Waals surface area contributed by atoms with Crippen LogP contribution in [0.15, 0.2) is 30.3 Å². The van der Waals surface area contributed by atoms with Crippen molar-refractivity contribution in [2.75, 3.05) is 31.1 Å². The van der Waals surface area contributed by atoms with E-state index in [9.17, 15) is 13.2 Å². The van der Waals surface area contributed by atoms with Gasteiger partial charge >= 0.3 is 10.2 Å². The minimum atomic E-state index is -3.97. The first-order valence-corrected chi connectivity index (χ1v) is 13.9. The molecule has 2 aromatic carbocycles. The van der Waals surface area contributed by atoms with E-state index in [0.29, 0.717) is 35.4 Å². The number of anilines is 1. The van der Waals surface area contributed by atoms with Gasteiger partial charge in [0.05, 0.1) is 12.1 Å². The second kappa shape index (κ2) is 9.76. The van der Waals surface area contributed by atoms with Gasteiger partial charge in [0.1, 0.15) is 17.7 Å². The van der Waals surface area contributed by atoms with E-state index in [4.69, 9.17) is 27.9 Å². The first-order chi connectivity index (χ1) is 16.7. The highest BCUT2D eigenvalue weighted by molar-refractivity contribution is 7.87. The lowest BCUT2D eigenvalue weighted by atomic mass is 10.0. The summed E-state index contributed by atoms with van der Waals surface area (Å²) in [4.78, 5) is 14.8. The van der Waals surface area contributed by atoms with Gasteiger partial charge in [0.15, 0.2) is 0 Å². The smallest absolute Gasteiger partial charge is 0.304 e. The fourth-order valence-corrected chi connectivity index (χ4v) is 6.22. The molecule has 2 aliphatic heterocycles. The van der Waals surface area contributed by atoms with Gasteiger partial charge in [-0.25, -0.2) is 9.11 Å². The van der Waals surface area contributed by atoms with Crippen molar-refractivity contribution in [3.05, 3.63) is 57.3 Å². The van der Waals surface area contributed by atoms with E-state index in [-0.39, 0.29) is 17.6 Å². The zero-order valence-electron chi connectivity index (χ0n) is 19.0. The van der Waals surface area contributed by atoms with E-state index in [2.05, 4.69) is 4.90 Å². The van der Waals surface area contributed by atoms with Crippen LogP contribution in [-0.2, 0) is 10.2 Å². The number of rotatable bonds is 7. The number of hydrogen-bond donors (Lipinski definition) is 1. The summed E-state index contributed by atoms with van der Waals surface area (Å²) in [5, 5.41) is 1.11. The number of benzene rings is 2. The number of carbonyl (C=O) groups is 1. The minimum absolute atomic E-state index is 0.163. The molecule has 35 heavy (non-hydrogen) atoms. The molecule has 188 valence electrons. The summed E-state index contributed by atoms with van der Waals surface area (Å²) in [7, 11) is -3.97. The van der Waals surface area contributed by atoms with Crippen molar-refractivity contribution < 1.29 is 22.3 Å². The second-order valence-corrected chi connectivity index (χ2v) is 11.8. The topological polar surface area (TPSA) is 79.0 Å². The average Bonchev–Trinajstić information content (AvgIpc) is 3.56. The van der Waals surface area contributed by atoms with Crippen molar-refractivity contribution >= 4 is 45.0 Å². The molecular formula is C24H26Cl2FN3O4S.